The van der Waals surface area contributed by atoms with Gasteiger partial charge in [0.1, 0.15) is 0 Å². The fourth-order valence-electron chi connectivity index (χ4n) is 1.78. The average molecular weight is 251 g/mol. The maximum Gasteiger partial charge on any atom is 0.274 e. The predicted molar refractivity (Wildman–Crippen MR) is 68.2 cm³/mol. The number of nitro benzene ring substituents is 1. The van der Waals surface area contributed by atoms with Gasteiger partial charge in [-0.1, -0.05) is 18.2 Å². The first-order valence-electron chi connectivity index (χ1n) is 5.68. The molecule has 6 heteroatoms. The summed E-state index contributed by atoms with van der Waals surface area (Å²) in [6, 6.07) is 5.81. The van der Waals surface area contributed by atoms with Gasteiger partial charge in [0.05, 0.1) is 11.0 Å². The van der Waals surface area contributed by atoms with E-state index in [0.717, 1.165) is 0 Å². The zero-order valence-corrected chi connectivity index (χ0v) is 10.6. The first-order chi connectivity index (χ1) is 8.47. The van der Waals surface area contributed by atoms with Gasteiger partial charge >= 0.3 is 0 Å². The van der Waals surface area contributed by atoms with Gasteiger partial charge in [-0.15, -0.1) is 0 Å². The molecule has 0 aliphatic carbocycles. The highest BCUT2D eigenvalue weighted by atomic mass is 16.6. The Morgan fingerprint density at radius 3 is 2.50 bits per heavy atom. The third-order valence-corrected chi connectivity index (χ3v) is 2.74. The highest BCUT2D eigenvalue weighted by molar-refractivity contribution is 5.81. The average Bonchev–Trinajstić information content (AvgIpc) is 2.37. The summed E-state index contributed by atoms with van der Waals surface area (Å²) >= 11 is 0. The molecule has 1 aromatic carbocycles. The molecular formula is C12H17N3O3. The van der Waals surface area contributed by atoms with Gasteiger partial charge in [-0.2, -0.15) is 0 Å². The molecule has 0 bridgehead atoms. The largest absolute Gasteiger partial charge is 0.358 e. The van der Waals surface area contributed by atoms with E-state index in [9.17, 15) is 14.9 Å². The van der Waals surface area contributed by atoms with Crippen molar-refractivity contribution in [3.05, 3.63) is 39.9 Å². The molecule has 18 heavy (non-hydrogen) atoms. The molecule has 2 unspecified atom stereocenters. The van der Waals surface area contributed by atoms with Crippen molar-refractivity contribution in [1.29, 1.82) is 0 Å². The molecule has 0 saturated carbocycles. The minimum absolute atomic E-state index is 0.0570. The highest BCUT2D eigenvalue weighted by Gasteiger charge is 2.21. The minimum atomic E-state index is -0.419. The van der Waals surface area contributed by atoms with Crippen LogP contribution in [-0.4, -0.2) is 23.9 Å². The molecular weight excluding hydrogens is 234 g/mol. The number of nitro groups is 1. The van der Waals surface area contributed by atoms with Crippen molar-refractivity contribution in [3.63, 3.8) is 0 Å². The van der Waals surface area contributed by atoms with E-state index in [0.29, 0.717) is 5.56 Å². The Morgan fingerprint density at radius 2 is 1.94 bits per heavy atom. The predicted octanol–water partition coefficient (Wildman–Crippen LogP) is 1.38. The third-order valence-electron chi connectivity index (χ3n) is 2.74. The molecule has 1 rings (SSSR count). The third kappa shape index (κ3) is 3.27. The van der Waals surface area contributed by atoms with Crippen molar-refractivity contribution in [2.75, 3.05) is 7.05 Å². The molecule has 98 valence electrons. The van der Waals surface area contributed by atoms with Crippen LogP contribution in [0.5, 0.6) is 0 Å². The molecule has 0 saturated heterocycles. The summed E-state index contributed by atoms with van der Waals surface area (Å²) in [5, 5.41) is 16.4. The van der Waals surface area contributed by atoms with E-state index in [1.807, 2.05) is 0 Å². The number of hydrogen-bond donors (Lipinski definition) is 2. The number of rotatable bonds is 5. The van der Waals surface area contributed by atoms with Gasteiger partial charge in [-0.25, -0.2) is 0 Å². The fourth-order valence-corrected chi connectivity index (χ4v) is 1.78. The smallest absolute Gasteiger partial charge is 0.274 e. The SMILES string of the molecule is CNC(=O)C(C)NC(C)c1ccccc1[N+](=O)[O-]. The van der Waals surface area contributed by atoms with Crippen LogP contribution >= 0.6 is 0 Å². The van der Waals surface area contributed by atoms with Crippen molar-refractivity contribution in [2.45, 2.75) is 25.9 Å². The van der Waals surface area contributed by atoms with Crippen molar-refractivity contribution in [1.82, 2.24) is 10.6 Å². The quantitative estimate of drug-likeness (QED) is 0.611. The molecule has 1 aromatic rings. The van der Waals surface area contributed by atoms with Crippen LogP contribution in [0.2, 0.25) is 0 Å². The summed E-state index contributed by atoms with van der Waals surface area (Å²) < 4.78 is 0. The Kier molecular flexibility index (Phi) is 4.79. The van der Waals surface area contributed by atoms with Crippen molar-refractivity contribution in [3.8, 4) is 0 Å². The van der Waals surface area contributed by atoms with E-state index in [2.05, 4.69) is 10.6 Å². The number of para-hydroxylation sites is 1. The van der Waals surface area contributed by atoms with Crippen LogP contribution in [-0.2, 0) is 4.79 Å². The number of carbonyl (C=O) groups excluding carboxylic acids is 1. The highest BCUT2D eigenvalue weighted by Crippen LogP contribution is 2.24. The Hall–Kier alpha value is -1.95. The Labute approximate surface area is 106 Å². The number of nitrogens with one attached hydrogen (secondary N) is 2. The maximum absolute atomic E-state index is 11.4. The summed E-state index contributed by atoms with van der Waals surface area (Å²) in [6.07, 6.45) is 0. The van der Waals surface area contributed by atoms with Crippen LogP contribution in [0.1, 0.15) is 25.5 Å². The monoisotopic (exact) mass is 251 g/mol. The molecule has 0 heterocycles. The lowest BCUT2D eigenvalue weighted by atomic mass is 10.1. The fraction of sp³-hybridized carbons (Fsp3) is 0.417. The summed E-state index contributed by atoms with van der Waals surface area (Å²) in [5.41, 5.74) is 0.625. The zero-order chi connectivity index (χ0) is 13.7. The Morgan fingerprint density at radius 1 is 1.33 bits per heavy atom. The molecule has 0 aromatic heterocycles. The molecule has 0 aliphatic rings. The number of benzene rings is 1. The van der Waals surface area contributed by atoms with Crippen molar-refractivity contribution in [2.24, 2.45) is 0 Å². The summed E-state index contributed by atoms with van der Waals surface area (Å²) in [5.74, 6) is -0.152. The lowest BCUT2D eigenvalue weighted by molar-refractivity contribution is -0.385. The van der Waals surface area contributed by atoms with Crippen LogP contribution in [0.3, 0.4) is 0 Å². The summed E-state index contributed by atoms with van der Waals surface area (Å²) in [7, 11) is 1.55. The molecule has 1 amide bonds. The molecule has 0 radical (unpaired) electrons. The van der Waals surface area contributed by atoms with Crippen LogP contribution in [0.4, 0.5) is 5.69 Å². The van der Waals surface area contributed by atoms with E-state index < -0.39 is 11.0 Å². The molecule has 0 aliphatic heterocycles. The van der Waals surface area contributed by atoms with Gasteiger partial charge < -0.3 is 5.32 Å². The molecule has 0 fully saturated rings. The molecule has 0 spiro atoms. The lowest BCUT2D eigenvalue weighted by Crippen LogP contribution is -2.41. The van der Waals surface area contributed by atoms with Gasteiger partial charge in [0.2, 0.25) is 5.91 Å². The van der Waals surface area contributed by atoms with Crippen LogP contribution < -0.4 is 10.6 Å². The van der Waals surface area contributed by atoms with Crippen molar-refractivity contribution >= 4 is 11.6 Å². The number of carbonyl (C=O) groups is 1. The minimum Gasteiger partial charge on any atom is -0.358 e. The van der Waals surface area contributed by atoms with E-state index in [4.69, 9.17) is 0 Å². The van der Waals surface area contributed by atoms with E-state index in [1.165, 1.54) is 6.07 Å². The second-order valence-corrected chi connectivity index (χ2v) is 4.04. The number of likely N-dealkylation sites (N-methyl/N-ethyl adjacent to an activating group) is 1. The second-order valence-electron chi connectivity index (χ2n) is 4.04. The van der Waals surface area contributed by atoms with E-state index in [1.54, 1.807) is 39.1 Å². The van der Waals surface area contributed by atoms with Crippen LogP contribution in [0.15, 0.2) is 24.3 Å². The first kappa shape index (κ1) is 14.1. The summed E-state index contributed by atoms with van der Waals surface area (Å²) in [4.78, 5) is 21.9. The Bertz CT molecular complexity index is 448. The Balaban J connectivity index is 2.87. The van der Waals surface area contributed by atoms with Crippen molar-refractivity contribution < 1.29 is 9.72 Å². The first-order valence-corrected chi connectivity index (χ1v) is 5.68. The van der Waals surface area contributed by atoms with Gasteiger partial charge in [0, 0.05) is 24.7 Å². The van der Waals surface area contributed by atoms with Crippen LogP contribution in [0, 0.1) is 10.1 Å². The van der Waals surface area contributed by atoms with Gasteiger partial charge in [-0.3, -0.25) is 20.2 Å². The van der Waals surface area contributed by atoms with Crippen LogP contribution in [0.25, 0.3) is 0 Å². The van der Waals surface area contributed by atoms with Gasteiger partial charge in [0.15, 0.2) is 0 Å². The van der Waals surface area contributed by atoms with E-state index in [-0.39, 0.29) is 17.6 Å². The topological polar surface area (TPSA) is 84.3 Å². The standard InChI is InChI=1S/C12H17N3O3/c1-8(14-9(2)12(16)13-3)10-6-4-5-7-11(10)15(17)18/h4-9,14H,1-3H3,(H,13,16). The second kappa shape index (κ2) is 6.11. The number of hydrogen-bond acceptors (Lipinski definition) is 4. The van der Waals surface area contributed by atoms with Gasteiger partial charge in [0.25, 0.3) is 5.69 Å². The lowest BCUT2D eigenvalue weighted by Gasteiger charge is -2.19. The van der Waals surface area contributed by atoms with E-state index >= 15 is 0 Å². The molecule has 6 nitrogen and oxygen atoms in total. The summed E-state index contributed by atoms with van der Waals surface area (Å²) in [6.45, 7) is 3.51. The van der Waals surface area contributed by atoms with Gasteiger partial charge in [-0.05, 0) is 13.8 Å². The zero-order valence-electron chi connectivity index (χ0n) is 10.6. The molecule has 2 N–H and O–H groups in total. The number of amides is 1. The normalized spacial score (nSPS) is 13.7. The maximum atomic E-state index is 11.4. The number of nitrogens with zero attached hydrogens (tertiary/aromatic N) is 1. The molecule has 2 atom stereocenters.